The lowest BCUT2D eigenvalue weighted by Gasteiger charge is -2.13. The summed E-state index contributed by atoms with van der Waals surface area (Å²) in [7, 11) is 0. The van der Waals surface area contributed by atoms with Crippen LogP contribution in [-0.2, 0) is 4.79 Å². The molecule has 3 aromatic rings. The molecule has 0 fully saturated rings. The number of anilines is 1. The second-order valence-electron chi connectivity index (χ2n) is 6.70. The van der Waals surface area contributed by atoms with E-state index in [4.69, 9.17) is 0 Å². The van der Waals surface area contributed by atoms with Gasteiger partial charge in [-0.05, 0) is 42.7 Å². The zero-order valence-corrected chi connectivity index (χ0v) is 16.3. The Morgan fingerprint density at radius 2 is 1.48 bits per heavy atom. The van der Waals surface area contributed by atoms with Crippen molar-refractivity contribution in [2.24, 2.45) is 0 Å². The van der Waals surface area contributed by atoms with E-state index >= 15 is 0 Å². The molecular formula is C24H21N3O2. The Morgan fingerprint density at radius 3 is 2.17 bits per heavy atom. The van der Waals surface area contributed by atoms with Gasteiger partial charge in [0.25, 0.3) is 5.91 Å². The van der Waals surface area contributed by atoms with Gasteiger partial charge in [-0.2, -0.15) is 5.26 Å². The average molecular weight is 383 g/mol. The van der Waals surface area contributed by atoms with Crippen molar-refractivity contribution in [3.63, 3.8) is 0 Å². The number of carbonyl (C=O) groups excluding carboxylic acids is 2. The van der Waals surface area contributed by atoms with Crippen molar-refractivity contribution in [3.8, 4) is 17.2 Å². The zero-order valence-electron chi connectivity index (χ0n) is 16.3. The van der Waals surface area contributed by atoms with Gasteiger partial charge in [-0.3, -0.25) is 9.59 Å². The summed E-state index contributed by atoms with van der Waals surface area (Å²) >= 11 is 0. The topological polar surface area (TPSA) is 82.0 Å². The lowest BCUT2D eigenvalue weighted by Crippen LogP contribution is -2.33. The van der Waals surface area contributed by atoms with Crippen molar-refractivity contribution in [1.29, 1.82) is 5.26 Å². The number of rotatable bonds is 5. The number of hydrogen-bond acceptors (Lipinski definition) is 3. The molecule has 2 amide bonds. The van der Waals surface area contributed by atoms with E-state index in [-0.39, 0.29) is 18.4 Å². The normalized spacial score (nSPS) is 10.1. The summed E-state index contributed by atoms with van der Waals surface area (Å²) in [4.78, 5) is 25.1. The number of amides is 2. The van der Waals surface area contributed by atoms with Crippen LogP contribution in [0.4, 0.5) is 5.69 Å². The highest BCUT2D eigenvalue weighted by Crippen LogP contribution is 2.26. The smallest absolute Gasteiger partial charge is 0.252 e. The van der Waals surface area contributed by atoms with Crippen LogP contribution >= 0.6 is 0 Å². The fraction of sp³-hybridized carbons (Fsp3) is 0.125. The minimum Gasteiger partial charge on any atom is -0.343 e. The van der Waals surface area contributed by atoms with Crippen molar-refractivity contribution in [1.82, 2.24) is 5.32 Å². The highest BCUT2D eigenvalue weighted by Gasteiger charge is 2.16. The van der Waals surface area contributed by atoms with Gasteiger partial charge in [0.1, 0.15) is 0 Å². The maximum absolute atomic E-state index is 12.8. The predicted molar refractivity (Wildman–Crippen MR) is 113 cm³/mol. The van der Waals surface area contributed by atoms with Gasteiger partial charge >= 0.3 is 0 Å². The van der Waals surface area contributed by atoms with Crippen LogP contribution < -0.4 is 10.6 Å². The number of nitrogens with zero attached hydrogens (tertiary/aromatic N) is 1. The van der Waals surface area contributed by atoms with Gasteiger partial charge in [-0.15, -0.1) is 0 Å². The standard InChI is InChI=1S/C24H21N3O2/c1-16-8-7-9-17(2)23(16)27-22(28)15-26-24(29)21-13-6-5-12-20(21)19-11-4-3-10-18(19)14-25/h3-13H,15H2,1-2H3,(H,26,29)(H,27,28). The number of aryl methyl sites for hydroxylation is 2. The van der Waals surface area contributed by atoms with E-state index < -0.39 is 0 Å². The molecule has 0 unspecified atom stereocenters. The van der Waals surface area contributed by atoms with Gasteiger partial charge in [0.2, 0.25) is 5.91 Å². The molecule has 0 atom stereocenters. The van der Waals surface area contributed by atoms with E-state index in [0.717, 1.165) is 16.8 Å². The molecule has 0 saturated carbocycles. The van der Waals surface area contributed by atoms with Gasteiger partial charge < -0.3 is 10.6 Å². The Morgan fingerprint density at radius 1 is 0.862 bits per heavy atom. The first-order valence-electron chi connectivity index (χ1n) is 9.24. The van der Waals surface area contributed by atoms with Crippen LogP contribution in [0.1, 0.15) is 27.0 Å². The van der Waals surface area contributed by atoms with Gasteiger partial charge in [-0.1, -0.05) is 54.6 Å². The molecule has 0 aliphatic heterocycles. The van der Waals surface area contributed by atoms with Crippen molar-refractivity contribution >= 4 is 17.5 Å². The van der Waals surface area contributed by atoms with Crippen molar-refractivity contribution in [2.75, 3.05) is 11.9 Å². The molecule has 5 nitrogen and oxygen atoms in total. The molecule has 0 saturated heterocycles. The first kappa shape index (κ1) is 19.8. The number of nitrogens with one attached hydrogen (secondary N) is 2. The molecule has 29 heavy (non-hydrogen) atoms. The molecule has 0 aliphatic rings. The first-order chi connectivity index (χ1) is 14.0. The monoisotopic (exact) mass is 383 g/mol. The Bertz CT molecular complexity index is 1090. The molecule has 144 valence electrons. The summed E-state index contributed by atoms with van der Waals surface area (Å²) in [5.74, 6) is -0.671. The summed E-state index contributed by atoms with van der Waals surface area (Å²) in [5.41, 5.74) is 4.91. The van der Waals surface area contributed by atoms with Gasteiger partial charge in [-0.25, -0.2) is 0 Å². The van der Waals surface area contributed by atoms with Crippen LogP contribution in [0, 0.1) is 25.2 Å². The third-order valence-electron chi connectivity index (χ3n) is 4.66. The molecule has 0 spiro atoms. The second kappa shape index (κ2) is 8.85. The van der Waals surface area contributed by atoms with Crippen LogP contribution in [0.15, 0.2) is 66.7 Å². The van der Waals surface area contributed by atoms with Crippen molar-refractivity contribution in [2.45, 2.75) is 13.8 Å². The number of benzene rings is 3. The summed E-state index contributed by atoms with van der Waals surface area (Å²) < 4.78 is 0. The molecule has 0 radical (unpaired) electrons. The van der Waals surface area contributed by atoms with Crippen LogP contribution in [-0.4, -0.2) is 18.4 Å². The molecule has 3 rings (SSSR count). The summed E-state index contributed by atoms with van der Waals surface area (Å²) in [6.07, 6.45) is 0. The van der Waals surface area contributed by atoms with E-state index in [1.807, 2.05) is 44.2 Å². The highest BCUT2D eigenvalue weighted by molar-refractivity contribution is 6.04. The summed E-state index contributed by atoms with van der Waals surface area (Å²) in [5, 5.41) is 14.9. The zero-order chi connectivity index (χ0) is 20.8. The maximum atomic E-state index is 12.8. The minimum absolute atomic E-state index is 0.152. The number of hydrogen-bond donors (Lipinski definition) is 2. The SMILES string of the molecule is Cc1cccc(C)c1NC(=O)CNC(=O)c1ccccc1-c1ccccc1C#N. The Balaban J connectivity index is 1.75. The van der Waals surface area contributed by atoms with Gasteiger partial charge in [0.05, 0.1) is 18.2 Å². The van der Waals surface area contributed by atoms with Gasteiger partial charge in [0, 0.05) is 16.8 Å². The average Bonchev–Trinajstić information content (AvgIpc) is 2.74. The Hall–Kier alpha value is -3.91. The molecule has 3 aromatic carbocycles. The molecule has 2 N–H and O–H groups in total. The van der Waals surface area contributed by atoms with Crippen molar-refractivity contribution in [3.05, 3.63) is 89.0 Å². The molecular weight excluding hydrogens is 362 g/mol. The third kappa shape index (κ3) is 4.50. The third-order valence-corrected chi connectivity index (χ3v) is 4.66. The number of carbonyl (C=O) groups is 2. The second-order valence-corrected chi connectivity index (χ2v) is 6.70. The number of nitriles is 1. The van der Waals surface area contributed by atoms with E-state index in [9.17, 15) is 14.9 Å². The first-order valence-corrected chi connectivity index (χ1v) is 9.24. The highest BCUT2D eigenvalue weighted by atomic mass is 16.2. The summed E-state index contributed by atoms with van der Waals surface area (Å²) in [6, 6.07) is 22.1. The molecule has 5 heteroatoms. The van der Waals surface area contributed by atoms with Crippen LogP contribution in [0.25, 0.3) is 11.1 Å². The molecule has 0 heterocycles. The largest absolute Gasteiger partial charge is 0.343 e. The molecule has 0 bridgehead atoms. The van der Waals surface area contributed by atoms with E-state index in [0.29, 0.717) is 22.3 Å². The molecule has 0 aliphatic carbocycles. The summed E-state index contributed by atoms with van der Waals surface area (Å²) in [6.45, 7) is 3.69. The Kier molecular flexibility index (Phi) is 6.06. The fourth-order valence-electron chi connectivity index (χ4n) is 3.18. The lowest BCUT2D eigenvalue weighted by atomic mass is 9.95. The van der Waals surface area contributed by atoms with E-state index in [1.165, 1.54) is 0 Å². The maximum Gasteiger partial charge on any atom is 0.252 e. The van der Waals surface area contributed by atoms with Gasteiger partial charge in [0.15, 0.2) is 0 Å². The van der Waals surface area contributed by atoms with Crippen LogP contribution in [0.5, 0.6) is 0 Å². The fourth-order valence-corrected chi connectivity index (χ4v) is 3.18. The van der Waals surface area contributed by atoms with E-state index in [2.05, 4.69) is 16.7 Å². The quantitative estimate of drug-likeness (QED) is 0.692. The predicted octanol–water partition coefficient (Wildman–Crippen LogP) is 4.21. The Labute approximate surface area is 170 Å². The lowest BCUT2D eigenvalue weighted by molar-refractivity contribution is -0.115. The van der Waals surface area contributed by atoms with Crippen LogP contribution in [0.2, 0.25) is 0 Å². The van der Waals surface area contributed by atoms with Crippen LogP contribution in [0.3, 0.4) is 0 Å². The number of para-hydroxylation sites is 1. The molecule has 0 aromatic heterocycles. The minimum atomic E-state index is -0.370. The van der Waals surface area contributed by atoms with Crippen molar-refractivity contribution < 1.29 is 9.59 Å². The van der Waals surface area contributed by atoms with E-state index in [1.54, 1.807) is 36.4 Å².